The predicted octanol–water partition coefficient (Wildman–Crippen LogP) is 3.12. The molecule has 0 atom stereocenters. The van der Waals surface area contributed by atoms with Crippen molar-refractivity contribution in [3.63, 3.8) is 0 Å². The molecular weight excluding hydrogens is 476 g/mol. The normalized spacial score (nSPS) is 13.3. The molecule has 12 heteroatoms. The van der Waals surface area contributed by atoms with Gasteiger partial charge in [-0.05, 0) is 60.0 Å². The van der Waals surface area contributed by atoms with Crippen LogP contribution in [0.1, 0.15) is 28.3 Å². The van der Waals surface area contributed by atoms with Crippen molar-refractivity contribution in [1.29, 1.82) is 0 Å². The molecule has 186 valence electrons. The van der Waals surface area contributed by atoms with Gasteiger partial charge in [0, 0.05) is 31.6 Å². The standard InChI is InChI=1S/C25H22N8O4/c1-16-21(27-25(37-16)33-9-7-26-15-33)14-36-22-12-18-13-32(23(34)5-4-19-3-2-10-35-19)8-6-17(18)11-20(22)24-28-30-31-29-24/h2-5,7,9-12,15H,6,8,13-14H2,1H3,(H,28,29,30,31)/b5-4+. The van der Waals surface area contributed by atoms with Crippen LogP contribution < -0.4 is 4.74 Å². The van der Waals surface area contributed by atoms with Crippen molar-refractivity contribution in [3.8, 4) is 23.2 Å². The van der Waals surface area contributed by atoms with E-state index in [2.05, 4.69) is 30.6 Å². The summed E-state index contributed by atoms with van der Waals surface area (Å²) in [6.45, 7) is 3.05. The molecule has 12 nitrogen and oxygen atoms in total. The fraction of sp³-hybridized carbons (Fsp3) is 0.200. The van der Waals surface area contributed by atoms with Crippen molar-refractivity contribution in [2.24, 2.45) is 0 Å². The quantitative estimate of drug-likeness (QED) is 0.335. The summed E-state index contributed by atoms with van der Waals surface area (Å²) in [5.41, 5.74) is 3.46. The van der Waals surface area contributed by atoms with E-state index < -0.39 is 0 Å². The van der Waals surface area contributed by atoms with E-state index >= 15 is 0 Å². The lowest BCUT2D eigenvalue weighted by Crippen LogP contribution is -2.34. The maximum atomic E-state index is 12.8. The van der Waals surface area contributed by atoms with Crippen LogP contribution in [0.25, 0.3) is 23.5 Å². The van der Waals surface area contributed by atoms with E-state index in [1.807, 2.05) is 19.1 Å². The largest absolute Gasteiger partial charge is 0.486 e. The average molecular weight is 499 g/mol. The SMILES string of the molecule is Cc1oc(-n2ccnc2)nc1COc1cc2c(cc1-c1nn[nH]n1)CCN(C(=O)/C=C/c1ccco1)C2. The molecule has 0 unspecified atom stereocenters. The van der Waals surface area contributed by atoms with E-state index in [4.69, 9.17) is 13.6 Å². The Morgan fingerprint density at radius 1 is 1.30 bits per heavy atom. The molecule has 1 aromatic carbocycles. The first kappa shape index (κ1) is 22.5. The smallest absolute Gasteiger partial charge is 0.307 e. The molecular formula is C25H22N8O4. The number of amides is 1. The molecule has 6 rings (SSSR count). The molecule has 0 aliphatic carbocycles. The second-order valence-electron chi connectivity index (χ2n) is 8.47. The number of rotatable bonds is 7. The highest BCUT2D eigenvalue weighted by Gasteiger charge is 2.24. The highest BCUT2D eigenvalue weighted by atomic mass is 16.5. The third-order valence-electron chi connectivity index (χ3n) is 6.12. The van der Waals surface area contributed by atoms with Crippen LogP contribution in [-0.2, 0) is 24.4 Å². The first-order valence-electron chi connectivity index (χ1n) is 11.6. The number of imidazole rings is 1. The number of aromatic amines is 1. The molecule has 4 aromatic heterocycles. The fourth-order valence-electron chi connectivity index (χ4n) is 4.17. The zero-order valence-electron chi connectivity index (χ0n) is 19.9. The number of oxazole rings is 1. The van der Waals surface area contributed by atoms with Gasteiger partial charge in [0.2, 0.25) is 11.7 Å². The topological polar surface area (TPSA) is 141 Å². The molecule has 5 aromatic rings. The number of carbonyl (C=O) groups excluding carboxylic acids is 1. The lowest BCUT2D eigenvalue weighted by atomic mass is 9.96. The van der Waals surface area contributed by atoms with Crippen molar-refractivity contribution in [1.82, 2.24) is 40.1 Å². The Hall–Kier alpha value is -5.00. The molecule has 1 amide bonds. The Morgan fingerprint density at radius 3 is 3.03 bits per heavy atom. The summed E-state index contributed by atoms with van der Waals surface area (Å²) in [6.07, 6.45) is 10.5. The third-order valence-corrected chi connectivity index (χ3v) is 6.12. The minimum Gasteiger partial charge on any atom is -0.486 e. The molecule has 1 N–H and O–H groups in total. The van der Waals surface area contributed by atoms with E-state index in [0.717, 1.165) is 11.1 Å². The Balaban J connectivity index is 1.25. The molecule has 1 aliphatic heterocycles. The number of nitrogens with one attached hydrogen (secondary N) is 1. The molecule has 0 saturated heterocycles. The van der Waals surface area contributed by atoms with Crippen molar-refractivity contribution in [2.45, 2.75) is 26.5 Å². The van der Waals surface area contributed by atoms with Gasteiger partial charge in [0.05, 0.1) is 11.8 Å². The average Bonchev–Trinajstić information content (AvgIpc) is 3.73. The number of carbonyl (C=O) groups is 1. The highest BCUT2D eigenvalue weighted by molar-refractivity contribution is 5.91. The summed E-state index contributed by atoms with van der Waals surface area (Å²) < 4.78 is 18.9. The number of benzene rings is 1. The van der Waals surface area contributed by atoms with Gasteiger partial charge < -0.3 is 18.5 Å². The van der Waals surface area contributed by atoms with Crippen LogP contribution in [0, 0.1) is 6.92 Å². The number of fused-ring (bicyclic) bond motifs is 1. The van der Waals surface area contributed by atoms with E-state index in [9.17, 15) is 4.79 Å². The van der Waals surface area contributed by atoms with Gasteiger partial charge in [-0.1, -0.05) is 0 Å². The van der Waals surface area contributed by atoms with E-state index in [1.54, 1.807) is 52.7 Å². The zero-order chi connectivity index (χ0) is 25.2. The van der Waals surface area contributed by atoms with Gasteiger partial charge in [-0.25, -0.2) is 4.98 Å². The number of H-pyrrole nitrogens is 1. The Morgan fingerprint density at radius 2 is 2.24 bits per heavy atom. The van der Waals surface area contributed by atoms with Crippen molar-refractivity contribution in [2.75, 3.05) is 6.54 Å². The molecule has 5 heterocycles. The Bertz CT molecular complexity index is 1540. The summed E-state index contributed by atoms with van der Waals surface area (Å²) in [6, 6.07) is 7.93. The number of nitrogens with zero attached hydrogens (tertiary/aromatic N) is 7. The lowest BCUT2D eigenvalue weighted by Gasteiger charge is -2.29. The van der Waals surface area contributed by atoms with Crippen LogP contribution in [0.3, 0.4) is 0 Å². The zero-order valence-corrected chi connectivity index (χ0v) is 19.9. The first-order valence-corrected chi connectivity index (χ1v) is 11.6. The summed E-state index contributed by atoms with van der Waals surface area (Å²) in [7, 11) is 0. The van der Waals surface area contributed by atoms with Crippen molar-refractivity contribution in [3.05, 3.63) is 83.7 Å². The van der Waals surface area contributed by atoms with Crippen LogP contribution in [0.4, 0.5) is 0 Å². The molecule has 37 heavy (non-hydrogen) atoms. The van der Waals surface area contributed by atoms with Gasteiger partial charge in [-0.3, -0.25) is 9.36 Å². The third kappa shape index (κ3) is 4.63. The number of ether oxygens (including phenoxy) is 1. The molecule has 1 aliphatic rings. The number of hydrogen-bond acceptors (Lipinski definition) is 9. The highest BCUT2D eigenvalue weighted by Crippen LogP contribution is 2.34. The Kier molecular flexibility index (Phi) is 5.81. The molecule has 0 radical (unpaired) electrons. The van der Waals surface area contributed by atoms with E-state index in [-0.39, 0.29) is 12.5 Å². The molecule has 0 bridgehead atoms. The summed E-state index contributed by atoms with van der Waals surface area (Å²) in [5.74, 6) is 2.17. The Labute approximate surface area is 210 Å². The van der Waals surface area contributed by atoms with Crippen LogP contribution >= 0.6 is 0 Å². The van der Waals surface area contributed by atoms with Gasteiger partial charge in [0.15, 0.2) is 0 Å². The summed E-state index contributed by atoms with van der Waals surface area (Å²) in [4.78, 5) is 23.2. The number of aryl methyl sites for hydroxylation is 1. The van der Waals surface area contributed by atoms with Crippen LogP contribution in [0.2, 0.25) is 0 Å². The van der Waals surface area contributed by atoms with Gasteiger partial charge in [0.25, 0.3) is 0 Å². The van der Waals surface area contributed by atoms with Crippen LogP contribution in [0.15, 0.2) is 64.2 Å². The van der Waals surface area contributed by atoms with Gasteiger partial charge in [-0.15, -0.1) is 10.2 Å². The maximum Gasteiger partial charge on any atom is 0.307 e. The van der Waals surface area contributed by atoms with E-state index in [0.29, 0.717) is 59.9 Å². The monoisotopic (exact) mass is 498 g/mol. The molecule has 0 spiro atoms. The number of furan rings is 1. The lowest BCUT2D eigenvalue weighted by molar-refractivity contribution is -0.126. The van der Waals surface area contributed by atoms with Crippen LogP contribution in [-0.4, -0.2) is 52.5 Å². The van der Waals surface area contributed by atoms with Gasteiger partial charge >= 0.3 is 6.01 Å². The predicted molar refractivity (Wildman–Crippen MR) is 129 cm³/mol. The van der Waals surface area contributed by atoms with Crippen molar-refractivity contribution >= 4 is 12.0 Å². The van der Waals surface area contributed by atoms with Crippen molar-refractivity contribution < 1.29 is 18.4 Å². The van der Waals surface area contributed by atoms with E-state index in [1.165, 1.54) is 6.08 Å². The number of tetrazole rings is 1. The van der Waals surface area contributed by atoms with Crippen LogP contribution in [0.5, 0.6) is 5.75 Å². The number of hydrogen-bond donors (Lipinski definition) is 1. The fourth-order valence-corrected chi connectivity index (χ4v) is 4.17. The summed E-state index contributed by atoms with van der Waals surface area (Å²) >= 11 is 0. The maximum absolute atomic E-state index is 12.8. The summed E-state index contributed by atoms with van der Waals surface area (Å²) in [5, 5.41) is 14.5. The second kappa shape index (κ2) is 9.57. The van der Waals surface area contributed by atoms with Gasteiger partial charge in [0.1, 0.15) is 35.9 Å². The van der Waals surface area contributed by atoms with Gasteiger partial charge in [-0.2, -0.15) is 10.2 Å². The molecule has 0 fully saturated rings. The second-order valence-corrected chi connectivity index (χ2v) is 8.47. The minimum atomic E-state index is -0.0861. The first-order chi connectivity index (χ1) is 18.1. The molecule has 0 saturated carbocycles. The number of aromatic nitrogens is 7. The minimum absolute atomic E-state index is 0.0861.